The number of hydrogen-bond donors (Lipinski definition) is 1. The molecule has 1 unspecified atom stereocenters. The van der Waals surface area contributed by atoms with Crippen molar-refractivity contribution in [3.63, 3.8) is 0 Å². The van der Waals surface area contributed by atoms with E-state index in [4.69, 9.17) is 0 Å². The highest BCUT2D eigenvalue weighted by atomic mass is 15.1. The van der Waals surface area contributed by atoms with Crippen molar-refractivity contribution in [3.8, 4) is 0 Å². The van der Waals surface area contributed by atoms with Crippen LogP contribution in [0.3, 0.4) is 0 Å². The van der Waals surface area contributed by atoms with E-state index in [1.807, 2.05) is 0 Å². The zero-order valence-corrected chi connectivity index (χ0v) is 11.6. The summed E-state index contributed by atoms with van der Waals surface area (Å²) in [6.45, 7) is 13.1. The van der Waals surface area contributed by atoms with E-state index in [0.29, 0.717) is 6.04 Å². The van der Waals surface area contributed by atoms with Crippen molar-refractivity contribution in [3.05, 3.63) is 0 Å². The molecular formula is C14H30N2. The molecule has 0 aromatic carbocycles. The summed E-state index contributed by atoms with van der Waals surface area (Å²) in [6, 6.07) is 1.42. The van der Waals surface area contributed by atoms with Crippen LogP contribution in [-0.4, -0.2) is 36.6 Å². The predicted octanol–water partition coefficient (Wildman–Crippen LogP) is 2.89. The van der Waals surface area contributed by atoms with Gasteiger partial charge in [-0.25, -0.2) is 0 Å². The Kier molecular flexibility index (Phi) is 6.37. The Labute approximate surface area is 102 Å². The molecule has 2 nitrogen and oxygen atoms in total. The van der Waals surface area contributed by atoms with E-state index in [2.05, 4.69) is 37.9 Å². The van der Waals surface area contributed by atoms with Crippen LogP contribution in [0.4, 0.5) is 0 Å². The highest BCUT2D eigenvalue weighted by molar-refractivity contribution is 4.80. The molecule has 2 heteroatoms. The number of nitrogens with one attached hydrogen (secondary N) is 1. The van der Waals surface area contributed by atoms with Gasteiger partial charge in [0, 0.05) is 12.1 Å². The van der Waals surface area contributed by atoms with Gasteiger partial charge in [-0.05, 0) is 51.7 Å². The second-order valence-electron chi connectivity index (χ2n) is 5.67. The van der Waals surface area contributed by atoms with Crippen LogP contribution >= 0.6 is 0 Å². The van der Waals surface area contributed by atoms with Gasteiger partial charge in [0.25, 0.3) is 0 Å². The number of hydrogen-bond acceptors (Lipinski definition) is 2. The van der Waals surface area contributed by atoms with E-state index in [-0.39, 0.29) is 0 Å². The van der Waals surface area contributed by atoms with Crippen molar-refractivity contribution >= 4 is 0 Å². The summed E-state index contributed by atoms with van der Waals surface area (Å²) in [4.78, 5) is 2.63. The van der Waals surface area contributed by atoms with Gasteiger partial charge >= 0.3 is 0 Å². The molecule has 0 bridgehead atoms. The van der Waals surface area contributed by atoms with Crippen molar-refractivity contribution in [1.29, 1.82) is 0 Å². The number of piperidine rings is 1. The lowest BCUT2D eigenvalue weighted by molar-refractivity contribution is 0.184. The maximum atomic E-state index is 3.77. The third-order valence-corrected chi connectivity index (χ3v) is 3.91. The Morgan fingerprint density at radius 2 is 1.81 bits per heavy atom. The van der Waals surface area contributed by atoms with Crippen LogP contribution in [0.2, 0.25) is 0 Å². The van der Waals surface area contributed by atoms with Crippen molar-refractivity contribution < 1.29 is 0 Å². The van der Waals surface area contributed by atoms with E-state index in [1.54, 1.807) is 0 Å². The molecule has 0 radical (unpaired) electrons. The summed E-state index contributed by atoms with van der Waals surface area (Å²) >= 11 is 0. The molecule has 1 aliphatic rings. The average molecular weight is 226 g/mol. The maximum Gasteiger partial charge on any atom is 0.00939 e. The first-order chi connectivity index (χ1) is 7.63. The lowest BCUT2D eigenvalue weighted by Gasteiger charge is -2.34. The average Bonchev–Trinajstić information content (AvgIpc) is 2.28. The predicted molar refractivity (Wildman–Crippen MR) is 71.8 cm³/mol. The second kappa shape index (κ2) is 7.29. The molecule has 1 heterocycles. The van der Waals surface area contributed by atoms with E-state index < -0.39 is 0 Å². The SMILES string of the molecule is CCCCN1CCC(NC(C)C(C)C)CC1. The Hall–Kier alpha value is -0.0800. The first-order valence-electron chi connectivity index (χ1n) is 7.12. The highest BCUT2D eigenvalue weighted by Crippen LogP contribution is 2.13. The normalized spacial score (nSPS) is 21.6. The zero-order valence-electron chi connectivity index (χ0n) is 11.6. The van der Waals surface area contributed by atoms with E-state index in [9.17, 15) is 0 Å². The fraction of sp³-hybridized carbons (Fsp3) is 1.00. The first kappa shape index (κ1) is 14.0. The van der Waals surface area contributed by atoms with Crippen molar-refractivity contribution in [2.45, 2.75) is 65.5 Å². The van der Waals surface area contributed by atoms with Gasteiger partial charge in [-0.3, -0.25) is 0 Å². The molecule has 1 atom stereocenters. The quantitative estimate of drug-likeness (QED) is 0.749. The molecule has 1 N–H and O–H groups in total. The van der Waals surface area contributed by atoms with E-state index >= 15 is 0 Å². The second-order valence-corrected chi connectivity index (χ2v) is 5.67. The minimum absolute atomic E-state index is 0.659. The summed E-state index contributed by atoms with van der Waals surface area (Å²) in [5, 5.41) is 3.77. The molecule has 16 heavy (non-hydrogen) atoms. The molecule has 1 rings (SSSR count). The maximum absolute atomic E-state index is 3.77. The van der Waals surface area contributed by atoms with Gasteiger partial charge in [0.2, 0.25) is 0 Å². The summed E-state index contributed by atoms with van der Waals surface area (Å²) < 4.78 is 0. The minimum Gasteiger partial charge on any atom is -0.311 e. The Bertz CT molecular complexity index is 172. The monoisotopic (exact) mass is 226 g/mol. The smallest absolute Gasteiger partial charge is 0.00939 e. The van der Waals surface area contributed by atoms with Crippen LogP contribution in [0.15, 0.2) is 0 Å². The fourth-order valence-electron chi connectivity index (χ4n) is 2.27. The summed E-state index contributed by atoms with van der Waals surface area (Å²) in [5.41, 5.74) is 0. The van der Waals surface area contributed by atoms with Crippen LogP contribution in [-0.2, 0) is 0 Å². The Morgan fingerprint density at radius 3 is 2.31 bits per heavy atom. The van der Waals surface area contributed by atoms with Crippen molar-refractivity contribution in [2.24, 2.45) is 5.92 Å². The number of nitrogens with zero attached hydrogens (tertiary/aromatic N) is 1. The first-order valence-corrected chi connectivity index (χ1v) is 7.12. The largest absolute Gasteiger partial charge is 0.311 e. The summed E-state index contributed by atoms with van der Waals surface area (Å²) in [7, 11) is 0. The number of likely N-dealkylation sites (tertiary alicyclic amines) is 1. The zero-order chi connectivity index (χ0) is 12.0. The van der Waals surface area contributed by atoms with Gasteiger partial charge in [-0.2, -0.15) is 0 Å². The highest BCUT2D eigenvalue weighted by Gasteiger charge is 2.20. The molecule has 0 saturated carbocycles. The third kappa shape index (κ3) is 4.84. The molecule has 1 saturated heterocycles. The molecule has 0 aliphatic carbocycles. The van der Waals surface area contributed by atoms with Crippen LogP contribution < -0.4 is 5.32 Å². The van der Waals surface area contributed by atoms with Gasteiger partial charge in [-0.1, -0.05) is 27.2 Å². The summed E-state index contributed by atoms with van der Waals surface area (Å²) in [5.74, 6) is 0.748. The van der Waals surface area contributed by atoms with Crippen molar-refractivity contribution in [1.82, 2.24) is 10.2 Å². The molecule has 0 spiro atoms. The molecule has 96 valence electrons. The van der Waals surface area contributed by atoms with Crippen LogP contribution in [0, 0.1) is 5.92 Å². The van der Waals surface area contributed by atoms with Gasteiger partial charge < -0.3 is 10.2 Å². The van der Waals surface area contributed by atoms with Crippen molar-refractivity contribution in [2.75, 3.05) is 19.6 Å². The number of rotatable bonds is 6. The van der Waals surface area contributed by atoms with Gasteiger partial charge in [-0.15, -0.1) is 0 Å². The van der Waals surface area contributed by atoms with Gasteiger partial charge in [0.15, 0.2) is 0 Å². The van der Waals surface area contributed by atoms with Gasteiger partial charge in [0.1, 0.15) is 0 Å². The molecule has 1 fully saturated rings. The lowest BCUT2D eigenvalue weighted by Crippen LogP contribution is -2.46. The topological polar surface area (TPSA) is 15.3 Å². The third-order valence-electron chi connectivity index (χ3n) is 3.91. The fourth-order valence-corrected chi connectivity index (χ4v) is 2.27. The van der Waals surface area contributed by atoms with E-state index in [0.717, 1.165) is 12.0 Å². The molecule has 0 aromatic rings. The van der Waals surface area contributed by atoms with E-state index in [1.165, 1.54) is 45.3 Å². The molecular weight excluding hydrogens is 196 g/mol. The van der Waals surface area contributed by atoms with Crippen LogP contribution in [0.5, 0.6) is 0 Å². The Balaban J connectivity index is 2.16. The number of unbranched alkanes of at least 4 members (excludes halogenated alkanes) is 1. The Morgan fingerprint density at radius 1 is 1.19 bits per heavy atom. The van der Waals surface area contributed by atoms with Crippen LogP contribution in [0.25, 0.3) is 0 Å². The van der Waals surface area contributed by atoms with Crippen LogP contribution in [0.1, 0.15) is 53.4 Å². The molecule has 1 aliphatic heterocycles. The molecule has 0 amide bonds. The molecule has 0 aromatic heterocycles. The van der Waals surface area contributed by atoms with Gasteiger partial charge in [0.05, 0.1) is 0 Å². The summed E-state index contributed by atoms with van der Waals surface area (Å²) in [6.07, 6.45) is 5.35. The minimum atomic E-state index is 0.659. The lowest BCUT2D eigenvalue weighted by atomic mass is 10.00. The standard InChI is InChI=1S/C14H30N2/c1-5-6-9-16-10-7-14(8-11-16)15-13(4)12(2)3/h12-15H,5-11H2,1-4H3.